The summed E-state index contributed by atoms with van der Waals surface area (Å²) in [6.07, 6.45) is -0.233. The third-order valence-electron chi connectivity index (χ3n) is 2.77. The maximum atomic E-state index is 13.0. The van der Waals surface area contributed by atoms with E-state index in [1.54, 1.807) is 12.1 Å². The van der Waals surface area contributed by atoms with Crippen molar-refractivity contribution in [3.8, 4) is 0 Å². The Hall–Kier alpha value is -0.960. The van der Waals surface area contributed by atoms with Crippen molar-refractivity contribution >= 4 is 0 Å². The Balaban J connectivity index is 2.44. The summed E-state index contributed by atoms with van der Waals surface area (Å²) in [5.41, 5.74) is 6.73. The molecule has 1 aliphatic rings. The predicted molar refractivity (Wildman–Crippen MR) is 51.3 cm³/mol. The molecule has 2 rings (SSSR count). The number of nitrogens with two attached hydrogens (primary N) is 1. The lowest BCUT2D eigenvalue weighted by molar-refractivity contribution is 0.0891. The Morgan fingerprint density at radius 2 is 1.57 bits per heavy atom. The fourth-order valence-electron chi connectivity index (χ4n) is 1.85. The van der Waals surface area contributed by atoms with Gasteiger partial charge >= 0.3 is 0 Å². The molecule has 0 amide bonds. The molecule has 1 aliphatic carbocycles. The maximum absolute atomic E-state index is 13.0. The number of benzene rings is 1. The van der Waals surface area contributed by atoms with E-state index in [-0.39, 0.29) is 6.42 Å². The van der Waals surface area contributed by atoms with Gasteiger partial charge in [-0.05, 0) is 19.4 Å². The molecular formula is C11H13F2N. The van der Waals surface area contributed by atoms with Gasteiger partial charge in [-0.25, -0.2) is 8.78 Å². The van der Waals surface area contributed by atoms with E-state index < -0.39 is 11.5 Å². The number of alkyl halides is 2. The molecule has 0 saturated heterocycles. The Labute approximate surface area is 81.9 Å². The lowest BCUT2D eigenvalue weighted by Crippen LogP contribution is -2.27. The summed E-state index contributed by atoms with van der Waals surface area (Å²) < 4.78 is 26.0. The molecule has 1 fully saturated rings. The van der Waals surface area contributed by atoms with E-state index in [2.05, 4.69) is 0 Å². The lowest BCUT2D eigenvalue weighted by Gasteiger charge is -2.12. The largest absolute Gasteiger partial charge is 0.316 e. The fraction of sp³-hybridized carbons (Fsp3) is 0.455. The molecule has 3 heteroatoms. The summed E-state index contributed by atoms with van der Waals surface area (Å²) in [4.78, 5) is 0. The second-order valence-electron chi connectivity index (χ2n) is 4.23. The number of rotatable bonds is 1. The van der Waals surface area contributed by atoms with Crippen molar-refractivity contribution in [2.75, 3.05) is 0 Å². The molecule has 1 unspecified atom stereocenters. The molecule has 0 aliphatic heterocycles. The molecule has 1 aromatic carbocycles. The van der Waals surface area contributed by atoms with Gasteiger partial charge in [0.15, 0.2) is 0 Å². The number of hydrogen-bond donors (Lipinski definition) is 1. The Morgan fingerprint density at radius 3 is 1.93 bits per heavy atom. The van der Waals surface area contributed by atoms with Crippen molar-refractivity contribution in [3.63, 3.8) is 0 Å². The zero-order valence-electron chi connectivity index (χ0n) is 8.27. The van der Waals surface area contributed by atoms with Gasteiger partial charge in [-0.3, -0.25) is 0 Å². The first kappa shape index (κ1) is 9.59. The smallest absolute Gasteiger partial charge is 0.272 e. The van der Waals surface area contributed by atoms with Crippen LogP contribution in [0.2, 0.25) is 0 Å². The van der Waals surface area contributed by atoms with Crippen LogP contribution >= 0.6 is 0 Å². The highest BCUT2D eigenvalue weighted by atomic mass is 19.3. The SMILES string of the molecule is Cc1cc(C)cc(C2(N)CC2(F)F)c1. The molecule has 14 heavy (non-hydrogen) atoms. The molecule has 1 atom stereocenters. The van der Waals surface area contributed by atoms with Crippen LogP contribution in [-0.4, -0.2) is 5.92 Å². The minimum absolute atomic E-state index is 0.233. The molecule has 0 aromatic heterocycles. The van der Waals surface area contributed by atoms with Crippen molar-refractivity contribution in [3.05, 3.63) is 34.9 Å². The van der Waals surface area contributed by atoms with Crippen molar-refractivity contribution in [1.29, 1.82) is 0 Å². The van der Waals surface area contributed by atoms with E-state index in [0.29, 0.717) is 5.56 Å². The highest BCUT2D eigenvalue weighted by Crippen LogP contribution is 2.57. The summed E-state index contributed by atoms with van der Waals surface area (Å²) in [5, 5.41) is 0. The van der Waals surface area contributed by atoms with E-state index in [0.717, 1.165) is 11.1 Å². The van der Waals surface area contributed by atoms with Crippen LogP contribution < -0.4 is 5.73 Å². The molecule has 1 nitrogen and oxygen atoms in total. The molecule has 1 saturated carbocycles. The molecule has 0 spiro atoms. The van der Waals surface area contributed by atoms with E-state index in [4.69, 9.17) is 5.73 Å². The Kier molecular flexibility index (Phi) is 1.74. The average Bonchev–Trinajstić information content (AvgIpc) is 2.50. The molecule has 0 radical (unpaired) electrons. The van der Waals surface area contributed by atoms with E-state index in [9.17, 15) is 8.78 Å². The summed E-state index contributed by atoms with van der Waals surface area (Å²) >= 11 is 0. The highest BCUT2D eigenvalue weighted by molar-refractivity contribution is 5.40. The Bertz CT molecular complexity index is 367. The van der Waals surface area contributed by atoms with Crippen LogP contribution in [0, 0.1) is 13.8 Å². The summed E-state index contributed by atoms with van der Waals surface area (Å²) in [6, 6.07) is 5.44. The van der Waals surface area contributed by atoms with E-state index in [1.807, 2.05) is 19.9 Å². The second-order valence-corrected chi connectivity index (χ2v) is 4.23. The predicted octanol–water partition coefficient (Wildman–Crippen LogP) is 2.50. The first-order valence-corrected chi connectivity index (χ1v) is 4.61. The van der Waals surface area contributed by atoms with Crippen molar-refractivity contribution in [2.45, 2.75) is 31.7 Å². The number of hydrogen-bond acceptors (Lipinski definition) is 1. The van der Waals surface area contributed by atoms with Gasteiger partial charge in [0, 0.05) is 6.42 Å². The molecule has 1 aromatic rings. The van der Waals surface area contributed by atoms with Gasteiger partial charge in [0.2, 0.25) is 0 Å². The van der Waals surface area contributed by atoms with Gasteiger partial charge in [0.1, 0.15) is 5.54 Å². The molecule has 0 heterocycles. The van der Waals surface area contributed by atoms with Crippen LogP contribution in [0.3, 0.4) is 0 Å². The second kappa shape index (κ2) is 2.54. The minimum Gasteiger partial charge on any atom is -0.316 e. The summed E-state index contributed by atoms with van der Waals surface area (Å²) in [5.74, 6) is -2.73. The monoisotopic (exact) mass is 197 g/mol. The van der Waals surface area contributed by atoms with Gasteiger partial charge in [0.25, 0.3) is 5.92 Å². The van der Waals surface area contributed by atoms with Gasteiger partial charge in [-0.15, -0.1) is 0 Å². The van der Waals surface area contributed by atoms with Crippen molar-refractivity contribution < 1.29 is 8.78 Å². The topological polar surface area (TPSA) is 26.0 Å². The van der Waals surface area contributed by atoms with Crippen LogP contribution in [0.1, 0.15) is 23.1 Å². The standard InChI is InChI=1S/C11H13F2N/c1-7-3-8(2)5-9(4-7)10(14)6-11(10,12)13/h3-5H,6,14H2,1-2H3. The Morgan fingerprint density at radius 1 is 1.14 bits per heavy atom. The van der Waals surface area contributed by atoms with Crippen LogP contribution in [-0.2, 0) is 5.54 Å². The van der Waals surface area contributed by atoms with Crippen LogP contribution in [0.25, 0.3) is 0 Å². The zero-order valence-corrected chi connectivity index (χ0v) is 8.27. The molecular weight excluding hydrogens is 184 g/mol. The van der Waals surface area contributed by atoms with Gasteiger partial charge < -0.3 is 5.73 Å². The third-order valence-corrected chi connectivity index (χ3v) is 2.77. The number of halogens is 2. The van der Waals surface area contributed by atoms with Crippen LogP contribution in [0.15, 0.2) is 18.2 Å². The fourth-order valence-corrected chi connectivity index (χ4v) is 1.85. The van der Waals surface area contributed by atoms with Crippen molar-refractivity contribution in [1.82, 2.24) is 0 Å². The maximum Gasteiger partial charge on any atom is 0.272 e. The van der Waals surface area contributed by atoms with E-state index >= 15 is 0 Å². The first-order chi connectivity index (χ1) is 6.35. The van der Waals surface area contributed by atoms with Gasteiger partial charge in [-0.1, -0.05) is 29.3 Å². The first-order valence-electron chi connectivity index (χ1n) is 4.61. The van der Waals surface area contributed by atoms with Crippen LogP contribution in [0.4, 0.5) is 8.78 Å². The molecule has 76 valence electrons. The molecule has 2 N–H and O–H groups in total. The zero-order chi connectivity index (χ0) is 10.6. The lowest BCUT2D eigenvalue weighted by atomic mass is 10.00. The summed E-state index contributed by atoms with van der Waals surface area (Å²) in [7, 11) is 0. The van der Waals surface area contributed by atoms with Gasteiger partial charge in [0.05, 0.1) is 0 Å². The molecule has 0 bridgehead atoms. The van der Waals surface area contributed by atoms with E-state index in [1.165, 1.54) is 0 Å². The normalized spacial score (nSPS) is 28.9. The average molecular weight is 197 g/mol. The van der Waals surface area contributed by atoms with Gasteiger partial charge in [-0.2, -0.15) is 0 Å². The third kappa shape index (κ3) is 1.23. The minimum atomic E-state index is -2.73. The van der Waals surface area contributed by atoms with Crippen LogP contribution in [0.5, 0.6) is 0 Å². The summed E-state index contributed by atoms with van der Waals surface area (Å²) in [6.45, 7) is 3.78. The van der Waals surface area contributed by atoms with Crippen molar-refractivity contribution in [2.24, 2.45) is 5.73 Å². The number of aryl methyl sites for hydroxylation is 2. The quantitative estimate of drug-likeness (QED) is 0.735. The highest BCUT2D eigenvalue weighted by Gasteiger charge is 2.69.